The minimum Gasteiger partial charge on any atom is -0.340 e. The van der Waals surface area contributed by atoms with E-state index in [1.165, 1.54) is 4.31 Å². The molecule has 29 heavy (non-hydrogen) atoms. The van der Waals surface area contributed by atoms with E-state index in [0.29, 0.717) is 24.0 Å². The minimum absolute atomic E-state index is 0. The number of carbonyl (C=O) groups is 1. The average Bonchev–Trinajstić information content (AvgIpc) is 2.69. The normalized spacial score (nSPS) is 19.3. The predicted octanol–water partition coefficient (Wildman–Crippen LogP) is 2.75. The van der Waals surface area contributed by atoms with Crippen LogP contribution in [0.4, 0.5) is 0 Å². The first-order chi connectivity index (χ1) is 13.4. The van der Waals surface area contributed by atoms with E-state index in [9.17, 15) is 13.2 Å². The van der Waals surface area contributed by atoms with Gasteiger partial charge in [-0.2, -0.15) is 4.31 Å². The van der Waals surface area contributed by atoms with Crippen LogP contribution >= 0.6 is 24.0 Å². The van der Waals surface area contributed by atoms with E-state index in [0.717, 1.165) is 43.2 Å². The molecule has 2 aromatic rings. The van der Waals surface area contributed by atoms with Crippen molar-refractivity contribution in [2.24, 2.45) is 5.92 Å². The molecule has 1 amide bonds. The number of sulfonamides is 1. The number of benzene rings is 2. The lowest BCUT2D eigenvalue weighted by molar-refractivity contribution is -0.134. The van der Waals surface area contributed by atoms with Crippen LogP contribution < -0.4 is 5.32 Å². The topological polar surface area (TPSA) is 69.7 Å². The molecule has 1 N–H and O–H groups in total. The second-order valence-corrected chi connectivity index (χ2v) is 9.90. The van der Waals surface area contributed by atoms with E-state index < -0.39 is 10.0 Å². The Kier molecular flexibility index (Phi) is 7.06. The second kappa shape index (κ2) is 9.18. The first kappa shape index (κ1) is 22.3. The number of fused-ring (bicyclic) bond motifs is 1. The Hall–Kier alpha value is -1.38. The van der Waals surface area contributed by atoms with Crippen LogP contribution in [0.15, 0.2) is 41.3 Å². The van der Waals surface area contributed by atoms with Gasteiger partial charge < -0.3 is 10.2 Å². The number of halogens is 2. The number of piperazine rings is 1. The van der Waals surface area contributed by atoms with E-state index >= 15 is 0 Å². The zero-order valence-corrected chi connectivity index (χ0v) is 18.4. The van der Waals surface area contributed by atoms with Crippen LogP contribution in [0.5, 0.6) is 0 Å². The number of nitrogens with zero attached hydrogens (tertiary/aromatic N) is 2. The first-order valence-electron chi connectivity index (χ1n) is 9.61. The maximum atomic E-state index is 13.1. The van der Waals surface area contributed by atoms with Crippen LogP contribution in [0, 0.1) is 5.92 Å². The van der Waals surface area contributed by atoms with Crippen molar-refractivity contribution in [1.82, 2.24) is 14.5 Å². The third kappa shape index (κ3) is 4.86. The number of rotatable bonds is 4. The van der Waals surface area contributed by atoms with Crippen molar-refractivity contribution in [3.05, 3.63) is 41.4 Å². The lowest BCUT2D eigenvalue weighted by Gasteiger charge is -2.36. The van der Waals surface area contributed by atoms with Crippen molar-refractivity contribution in [3.63, 3.8) is 0 Å². The van der Waals surface area contributed by atoms with Gasteiger partial charge in [0.25, 0.3) is 0 Å². The summed E-state index contributed by atoms with van der Waals surface area (Å²) in [4.78, 5) is 14.6. The molecular formula is C20H25Cl2N3O3S. The highest BCUT2D eigenvalue weighted by Crippen LogP contribution is 2.25. The molecule has 2 saturated heterocycles. The van der Waals surface area contributed by atoms with Crippen LogP contribution in [-0.2, 0) is 14.8 Å². The number of amides is 1. The molecule has 158 valence electrons. The fraction of sp³-hybridized carbons (Fsp3) is 0.450. The molecule has 0 aliphatic carbocycles. The lowest BCUT2D eigenvalue weighted by atomic mass is 9.97. The molecule has 0 aromatic heterocycles. The van der Waals surface area contributed by atoms with Crippen LogP contribution in [0.2, 0.25) is 5.02 Å². The molecule has 9 heteroatoms. The second-order valence-electron chi connectivity index (χ2n) is 7.53. The zero-order chi connectivity index (χ0) is 19.7. The van der Waals surface area contributed by atoms with Crippen molar-refractivity contribution in [3.8, 4) is 0 Å². The summed E-state index contributed by atoms with van der Waals surface area (Å²) in [6.45, 7) is 3.39. The first-order valence-corrected chi connectivity index (χ1v) is 11.4. The summed E-state index contributed by atoms with van der Waals surface area (Å²) < 4.78 is 27.4. The molecule has 0 atom stereocenters. The van der Waals surface area contributed by atoms with Crippen LogP contribution in [0.1, 0.15) is 12.8 Å². The van der Waals surface area contributed by atoms with E-state index in [1.807, 2.05) is 4.90 Å². The summed E-state index contributed by atoms with van der Waals surface area (Å²) >= 11 is 6.00. The van der Waals surface area contributed by atoms with Crippen molar-refractivity contribution >= 4 is 50.7 Å². The molecule has 2 fully saturated rings. The van der Waals surface area contributed by atoms with Gasteiger partial charge in [-0.1, -0.05) is 23.7 Å². The number of nitrogens with one attached hydrogen (secondary N) is 1. The molecule has 0 radical (unpaired) electrons. The fourth-order valence-electron chi connectivity index (χ4n) is 3.97. The van der Waals surface area contributed by atoms with E-state index in [4.69, 9.17) is 11.6 Å². The Morgan fingerprint density at radius 1 is 1.03 bits per heavy atom. The van der Waals surface area contributed by atoms with Gasteiger partial charge in [0.15, 0.2) is 0 Å². The monoisotopic (exact) mass is 457 g/mol. The Morgan fingerprint density at radius 3 is 2.45 bits per heavy atom. The van der Waals surface area contributed by atoms with Crippen molar-refractivity contribution < 1.29 is 13.2 Å². The zero-order valence-electron chi connectivity index (χ0n) is 16.0. The molecule has 0 unspecified atom stereocenters. The summed E-state index contributed by atoms with van der Waals surface area (Å²) in [5, 5.41) is 5.63. The molecule has 2 aliphatic heterocycles. The van der Waals surface area contributed by atoms with Gasteiger partial charge in [0.2, 0.25) is 15.9 Å². The van der Waals surface area contributed by atoms with Crippen LogP contribution in [-0.4, -0.2) is 62.8 Å². The van der Waals surface area contributed by atoms with Crippen LogP contribution in [0.3, 0.4) is 0 Å². The highest BCUT2D eigenvalue weighted by atomic mass is 35.5. The van der Waals surface area contributed by atoms with Gasteiger partial charge in [0, 0.05) is 24.7 Å². The predicted molar refractivity (Wildman–Crippen MR) is 117 cm³/mol. The Morgan fingerprint density at radius 2 is 1.72 bits per heavy atom. The van der Waals surface area contributed by atoms with Gasteiger partial charge in [0.1, 0.15) is 0 Å². The highest BCUT2D eigenvalue weighted by Gasteiger charge is 2.33. The summed E-state index contributed by atoms with van der Waals surface area (Å²) in [5.41, 5.74) is 0. The summed E-state index contributed by atoms with van der Waals surface area (Å²) in [6.07, 6.45) is 2.12. The van der Waals surface area contributed by atoms with E-state index in [1.54, 1.807) is 36.4 Å². The van der Waals surface area contributed by atoms with E-state index in [2.05, 4.69) is 5.32 Å². The molecule has 2 aliphatic rings. The largest absolute Gasteiger partial charge is 0.340 e. The molecule has 2 aromatic carbocycles. The summed E-state index contributed by atoms with van der Waals surface area (Å²) in [7, 11) is -3.71. The quantitative estimate of drug-likeness (QED) is 0.765. The summed E-state index contributed by atoms with van der Waals surface area (Å²) in [6, 6.07) is 10.3. The molecule has 2 heterocycles. The standard InChI is InChI=1S/C20H24ClN3O3S.ClH/c21-18-3-1-17-12-19(4-2-16(17)11-18)28(26,27)24-10-9-23(20(25)14-24)13-15-5-7-22-8-6-15;/h1-4,11-12,15,22H,5-10,13-14H2;1H. The third-order valence-electron chi connectivity index (χ3n) is 5.63. The maximum absolute atomic E-state index is 13.1. The third-order valence-corrected chi connectivity index (χ3v) is 7.71. The molecule has 4 rings (SSSR count). The fourth-order valence-corrected chi connectivity index (χ4v) is 5.56. The van der Waals surface area contributed by atoms with Gasteiger partial charge >= 0.3 is 0 Å². The molecular weight excluding hydrogens is 433 g/mol. The van der Waals surface area contributed by atoms with Crippen LogP contribution in [0.25, 0.3) is 10.8 Å². The van der Waals surface area contributed by atoms with Crippen molar-refractivity contribution in [2.45, 2.75) is 17.7 Å². The van der Waals surface area contributed by atoms with Gasteiger partial charge in [-0.15, -0.1) is 12.4 Å². The van der Waals surface area contributed by atoms with Crippen molar-refractivity contribution in [1.29, 1.82) is 0 Å². The molecule has 0 bridgehead atoms. The average molecular weight is 458 g/mol. The number of hydrogen-bond acceptors (Lipinski definition) is 4. The Bertz CT molecular complexity index is 994. The lowest BCUT2D eigenvalue weighted by Crippen LogP contribution is -2.53. The van der Waals surface area contributed by atoms with Gasteiger partial charge in [-0.05, 0) is 66.9 Å². The van der Waals surface area contributed by atoms with Gasteiger partial charge in [0.05, 0.1) is 11.4 Å². The SMILES string of the molecule is Cl.O=C1CN(S(=O)(=O)c2ccc3cc(Cl)ccc3c2)CCN1CC1CCNCC1. The Balaban J connectivity index is 0.00000240. The van der Waals surface area contributed by atoms with E-state index in [-0.39, 0.29) is 29.8 Å². The number of carbonyl (C=O) groups excluding carboxylic acids is 1. The Labute approximate surface area is 182 Å². The minimum atomic E-state index is -3.71. The molecule has 6 nitrogen and oxygen atoms in total. The summed E-state index contributed by atoms with van der Waals surface area (Å²) in [5.74, 6) is 0.390. The number of piperidine rings is 1. The van der Waals surface area contributed by atoms with Crippen molar-refractivity contribution in [2.75, 3.05) is 39.3 Å². The smallest absolute Gasteiger partial charge is 0.243 e. The van der Waals surface area contributed by atoms with Gasteiger partial charge in [-0.3, -0.25) is 4.79 Å². The molecule has 0 spiro atoms. The number of hydrogen-bond donors (Lipinski definition) is 1. The molecule has 0 saturated carbocycles. The highest BCUT2D eigenvalue weighted by molar-refractivity contribution is 7.89. The van der Waals surface area contributed by atoms with Gasteiger partial charge in [-0.25, -0.2) is 8.42 Å². The maximum Gasteiger partial charge on any atom is 0.243 e.